The molecule has 9 nitrogen and oxygen atoms in total. The summed E-state index contributed by atoms with van der Waals surface area (Å²) in [6, 6.07) is 9.16. The SMILES string of the molecule is O=C(NCCOCCOCCCCCCCl)c1c(F)c(F)c(C(=O)[O-])c(-c2c3ccc(=[N+]4CC(F)C4)cc-3oc3cc(N4CC(F)C4)ccc23)c1F. The number of ether oxygens (including phenoxy) is 2. The van der Waals surface area contributed by atoms with Crippen molar-refractivity contribution in [2.75, 3.05) is 69.9 Å². The highest BCUT2D eigenvalue weighted by Crippen LogP contribution is 2.45. The number of anilines is 1. The molecule has 278 valence electrons. The number of carbonyl (C=O) groups is 2. The maximum absolute atomic E-state index is 16.7. The normalized spacial score (nSPS) is 16.0. The molecule has 1 N–H and O–H groups in total. The van der Waals surface area contributed by atoms with Crippen molar-refractivity contribution in [2.24, 2.45) is 0 Å². The van der Waals surface area contributed by atoms with E-state index in [-0.39, 0.29) is 73.8 Å². The van der Waals surface area contributed by atoms with Crippen LogP contribution in [0.4, 0.5) is 27.6 Å². The van der Waals surface area contributed by atoms with Gasteiger partial charge in [0.2, 0.25) is 11.5 Å². The fourth-order valence-electron chi connectivity index (χ4n) is 6.39. The third-order valence-corrected chi connectivity index (χ3v) is 9.44. The minimum atomic E-state index is -2.22. The minimum Gasteiger partial charge on any atom is -0.545 e. The molecule has 1 aliphatic carbocycles. The lowest BCUT2D eigenvalue weighted by Crippen LogP contribution is -2.50. The first-order valence-electron chi connectivity index (χ1n) is 17.1. The first-order valence-corrected chi connectivity index (χ1v) is 17.7. The van der Waals surface area contributed by atoms with Crippen molar-refractivity contribution in [3.8, 4) is 22.5 Å². The smallest absolute Gasteiger partial charge is 0.257 e. The second-order valence-electron chi connectivity index (χ2n) is 12.8. The van der Waals surface area contributed by atoms with Crippen LogP contribution in [-0.4, -0.2) is 89.3 Å². The quantitative estimate of drug-likeness (QED) is 0.0437. The predicted molar refractivity (Wildman–Crippen MR) is 183 cm³/mol. The van der Waals surface area contributed by atoms with Gasteiger partial charge in [-0.15, -0.1) is 11.6 Å². The van der Waals surface area contributed by atoms with Gasteiger partial charge in [-0.1, -0.05) is 12.8 Å². The van der Waals surface area contributed by atoms with Gasteiger partial charge in [-0.05, 0) is 31.0 Å². The predicted octanol–water partition coefficient (Wildman–Crippen LogP) is 4.83. The highest BCUT2D eigenvalue weighted by Gasteiger charge is 2.35. The number of nitrogens with one attached hydrogen (secondary N) is 1. The van der Waals surface area contributed by atoms with Crippen LogP contribution in [0.1, 0.15) is 46.4 Å². The topological polar surface area (TPSA) is 107 Å². The molecule has 3 aliphatic heterocycles. The van der Waals surface area contributed by atoms with Gasteiger partial charge in [-0.3, -0.25) is 4.79 Å². The second-order valence-corrected chi connectivity index (χ2v) is 13.2. The van der Waals surface area contributed by atoms with E-state index in [0.717, 1.165) is 25.7 Å². The Labute approximate surface area is 300 Å². The third-order valence-electron chi connectivity index (χ3n) is 9.17. The number of benzene rings is 3. The maximum Gasteiger partial charge on any atom is 0.257 e. The first kappa shape index (κ1) is 37.5. The van der Waals surface area contributed by atoms with E-state index in [1.165, 1.54) is 24.3 Å². The van der Waals surface area contributed by atoms with Gasteiger partial charge in [0.15, 0.2) is 24.7 Å². The summed E-state index contributed by atoms with van der Waals surface area (Å²) in [5.41, 5.74) is -3.17. The Hall–Kier alpha value is -4.27. The fraction of sp³-hybridized carbons (Fsp3) is 0.432. The Morgan fingerprint density at radius 2 is 1.58 bits per heavy atom. The van der Waals surface area contributed by atoms with E-state index in [1.807, 2.05) is 0 Å². The zero-order valence-corrected chi connectivity index (χ0v) is 28.9. The van der Waals surface area contributed by atoms with Crippen LogP contribution in [0.5, 0.6) is 0 Å². The van der Waals surface area contributed by atoms with Crippen LogP contribution in [0.3, 0.4) is 0 Å². The number of nitrogens with zero attached hydrogens (tertiary/aromatic N) is 2. The zero-order chi connectivity index (χ0) is 36.9. The molecule has 0 unspecified atom stereocenters. The summed E-state index contributed by atoms with van der Waals surface area (Å²) in [6.07, 6.45) is 1.78. The third kappa shape index (κ3) is 7.88. The largest absolute Gasteiger partial charge is 0.545 e. The number of carbonyl (C=O) groups excluding carboxylic acids is 2. The molecule has 2 fully saturated rings. The van der Waals surface area contributed by atoms with Crippen molar-refractivity contribution < 1.29 is 50.5 Å². The Morgan fingerprint density at radius 1 is 0.865 bits per heavy atom. The lowest BCUT2D eigenvalue weighted by Gasteiger charge is -2.36. The number of alkyl halides is 3. The summed E-state index contributed by atoms with van der Waals surface area (Å²) >= 11 is 5.66. The molecular formula is C37H37ClF5N3O6. The first-order chi connectivity index (χ1) is 25.1. The molecule has 0 saturated carbocycles. The Bertz CT molecular complexity index is 2000. The van der Waals surface area contributed by atoms with Crippen LogP contribution < -0.4 is 25.3 Å². The van der Waals surface area contributed by atoms with Gasteiger partial charge in [0.25, 0.3) is 5.91 Å². The Balaban J connectivity index is 1.33. The average molecular weight is 750 g/mol. The van der Waals surface area contributed by atoms with E-state index in [9.17, 15) is 23.5 Å². The highest BCUT2D eigenvalue weighted by atomic mass is 35.5. The molecular weight excluding hydrogens is 713 g/mol. The number of rotatable bonds is 16. The van der Waals surface area contributed by atoms with Crippen LogP contribution in [0, 0.1) is 17.5 Å². The summed E-state index contributed by atoms with van der Waals surface area (Å²) in [5, 5.41) is 15.3. The monoisotopic (exact) mass is 749 g/mol. The van der Waals surface area contributed by atoms with Crippen LogP contribution >= 0.6 is 11.6 Å². The van der Waals surface area contributed by atoms with Crippen molar-refractivity contribution in [1.29, 1.82) is 0 Å². The fourth-order valence-corrected chi connectivity index (χ4v) is 6.58. The van der Waals surface area contributed by atoms with E-state index in [1.54, 1.807) is 21.6 Å². The number of carboxylic acids is 1. The van der Waals surface area contributed by atoms with Crippen molar-refractivity contribution in [1.82, 2.24) is 9.89 Å². The van der Waals surface area contributed by atoms with Crippen molar-refractivity contribution in [3.63, 3.8) is 0 Å². The van der Waals surface area contributed by atoms with Crippen LogP contribution in [0.2, 0.25) is 0 Å². The Morgan fingerprint density at radius 3 is 2.27 bits per heavy atom. The number of amides is 1. The summed E-state index contributed by atoms with van der Waals surface area (Å²) in [6.45, 7) is 1.26. The van der Waals surface area contributed by atoms with E-state index >= 15 is 13.2 Å². The zero-order valence-electron chi connectivity index (χ0n) is 28.1. The number of hydrogen-bond donors (Lipinski definition) is 1. The van der Waals surface area contributed by atoms with Gasteiger partial charge in [0.05, 0.1) is 44.9 Å². The van der Waals surface area contributed by atoms with Gasteiger partial charge in [0, 0.05) is 64.5 Å². The molecule has 4 aliphatic rings. The van der Waals surface area contributed by atoms with E-state index in [4.69, 9.17) is 25.5 Å². The standard InChI is InChI=1S/C37H37ClF5N3O6/c38-9-3-1-2-4-11-50-13-14-51-12-10-44-36(47)32-33(41)30(31(37(48)49)34(42)35(32)43)29-25-7-5-23(45-17-21(39)18-45)15-27(25)52-28-16-24(6-8-26(28)29)46-19-22(40)20-46/h5-8,15-16,21-22H,1-4,9-14,17-20H2,(H-,44,47,48,49). The van der Waals surface area contributed by atoms with Crippen molar-refractivity contribution in [3.05, 3.63) is 70.3 Å². The van der Waals surface area contributed by atoms with Gasteiger partial charge in [-0.2, -0.15) is 0 Å². The number of halogens is 6. The molecule has 6 rings (SSSR count). The maximum atomic E-state index is 16.7. The number of carboxylic acid groups (broad SMARTS) is 1. The number of aromatic carboxylic acids is 1. The Kier molecular flexibility index (Phi) is 12.0. The van der Waals surface area contributed by atoms with Crippen molar-refractivity contribution >= 4 is 40.1 Å². The van der Waals surface area contributed by atoms with E-state index < -0.39 is 58.4 Å². The molecule has 15 heteroatoms. The van der Waals surface area contributed by atoms with E-state index in [0.29, 0.717) is 30.1 Å². The molecule has 0 atom stereocenters. The molecule has 0 radical (unpaired) electrons. The van der Waals surface area contributed by atoms with E-state index in [2.05, 4.69) is 5.32 Å². The van der Waals surface area contributed by atoms with Crippen molar-refractivity contribution in [2.45, 2.75) is 38.0 Å². The average Bonchev–Trinajstić information content (AvgIpc) is 3.09. The van der Waals surface area contributed by atoms with Gasteiger partial charge < -0.3 is 34.0 Å². The van der Waals surface area contributed by atoms with Crippen LogP contribution in [0.15, 0.2) is 40.8 Å². The van der Waals surface area contributed by atoms with Crippen LogP contribution in [0.25, 0.3) is 33.4 Å². The molecule has 0 spiro atoms. The molecule has 52 heavy (non-hydrogen) atoms. The van der Waals surface area contributed by atoms with Gasteiger partial charge in [-0.25, -0.2) is 26.5 Å². The molecule has 2 saturated heterocycles. The summed E-state index contributed by atoms with van der Waals surface area (Å²) in [5.74, 6) is -8.48. The molecule has 3 heterocycles. The number of hydrogen-bond acceptors (Lipinski definition) is 7. The second kappa shape index (κ2) is 16.6. The lowest BCUT2D eigenvalue weighted by atomic mass is 9.88. The molecule has 2 aromatic rings. The van der Waals surface area contributed by atoms with Crippen LogP contribution in [-0.2, 0) is 9.47 Å². The molecule has 0 bridgehead atoms. The van der Waals surface area contributed by atoms with Gasteiger partial charge >= 0.3 is 0 Å². The highest BCUT2D eigenvalue weighted by molar-refractivity contribution is 6.17. The molecule has 0 aromatic heterocycles. The summed E-state index contributed by atoms with van der Waals surface area (Å²) in [7, 11) is 0. The molecule has 1 amide bonds. The minimum absolute atomic E-state index is 0.0546. The number of fused-ring (bicyclic) bond motifs is 2. The lowest BCUT2D eigenvalue weighted by molar-refractivity contribution is -0.255. The summed E-state index contributed by atoms with van der Waals surface area (Å²) < 4.78 is 94.0. The number of unbranched alkanes of at least 4 members (excludes halogenated alkanes) is 3. The molecule has 2 aromatic carbocycles. The summed E-state index contributed by atoms with van der Waals surface area (Å²) in [4.78, 5) is 27.3. The van der Waals surface area contributed by atoms with Gasteiger partial charge in [0.1, 0.15) is 28.9 Å².